The Bertz CT molecular complexity index is 1260. The first-order valence-corrected chi connectivity index (χ1v) is 13.8. The number of hydrogen-bond donors (Lipinski definition) is 3. The molecule has 0 bridgehead atoms. The van der Waals surface area contributed by atoms with Crippen LogP contribution in [0.5, 0.6) is 0 Å². The highest BCUT2D eigenvalue weighted by Gasteiger charge is 2.33. The van der Waals surface area contributed by atoms with Crippen LogP contribution in [0.1, 0.15) is 36.8 Å². The molecule has 1 aliphatic carbocycles. The number of aromatic amines is 1. The van der Waals surface area contributed by atoms with E-state index in [9.17, 15) is 9.59 Å². The van der Waals surface area contributed by atoms with Crippen molar-refractivity contribution < 1.29 is 9.59 Å². The summed E-state index contributed by atoms with van der Waals surface area (Å²) in [5, 5.41) is 7.25. The molecule has 1 aromatic heterocycles. The summed E-state index contributed by atoms with van der Waals surface area (Å²) in [5.74, 6) is 0.387. The van der Waals surface area contributed by atoms with Gasteiger partial charge in [0, 0.05) is 68.0 Å². The lowest BCUT2D eigenvalue weighted by Crippen LogP contribution is -2.56. The number of carbonyl (C=O) groups is 2. The lowest BCUT2D eigenvalue weighted by Gasteiger charge is -2.36. The monoisotopic (exact) mass is 516 g/mol. The van der Waals surface area contributed by atoms with E-state index >= 15 is 0 Å². The van der Waals surface area contributed by atoms with Crippen molar-refractivity contribution in [2.45, 2.75) is 38.3 Å². The van der Waals surface area contributed by atoms with Crippen LogP contribution in [0.3, 0.4) is 0 Å². The minimum absolute atomic E-state index is 0.177. The van der Waals surface area contributed by atoms with Crippen molar-refractivity contribution >= 4 is 28.5 Å². The zero-order valence-corrected chi connectivity index (χ0v) is 22.7. The van der Waals surface area contributed by atoms with E-state index in [1.54, 1.807) is 0 Å². The Labute approximate surface area is 225 Å². The van der Waals surface area contributed by atoms with Crippen LogP contribution in [0.4, 0.5) is 10.5 Å². The van der Waals surface area contributed by atoms with Crippen molar-refractivity contribution in [1.82, 2.24) is 25.0 Å². The number of nitrogens with one attached hydrogen (secondary N) is 3. The van der Waals surface area contributed by atoms with Gasteiger partial charge < -0.3 is 25.4 Å². The highest BCUT2D eigenvalue weighted by molar-refractivity contribution is 5.98. The number of aromatic nitrogens is 1. The van der Waals surface area contributed by atoms with Gasteiger partial charge in [0.05, 0.1) is 0 Å². The molecular weight excluding hydrogens is 476 g/mol. The average Bonchev–Trinajstić information content (AvgIpc) is 3.61. The predicted octanol–water partition coefficient (Wildman–Crippen LogP) is 4.08. The molecular formula is C30H40N6O2. The van der Waals surface area contributed by atoms with E-state index in [1.165, 1.54) is 12.8 Å². The van der Waals surface area contributed by atoms with Gasteiger partial charge in [-0.15, -0.1) is 0 Å². The minimum atomic E-state index is -0.733. The smallest absolute Gasteiger partial charge is 0.318 e. The second-order valence-electron chi connectivity index (χ2n) is 11.2. The number of rotatable bonds is 9. The number of H-pyrrole nitrogens is 1. The van der Waals surface area contributed by atoms with Gasteiger partial charge in [-0.05, 0) is 62.2 Å². The maximum Gasteiger partial charge on any atom is 0.318 e. The molecule has 2 atom stereocenters. The minimum Gasteiger partial charge on any atom is -0.361 e. The van der Waals surface area contributed by atoms with Gasteiger partial charge in [0.1, 0.15) is 6.04 Å². The summed E-state index contributed by atoms with van der Waals surface area (Å²) in [6, 6.07) is 15.0. The fraction of sp³-hybridized carbons (Fsp3) is 0.467. The number of piperazine rings is 1. The fourth-order valence-corrected chi connectivity index (χ4v) is 5.42. The van der Waals surface area contributed by atoms with Crippen LogP contribution in [-0.4, -0.2) is 84.5 Å². The van der Waals surface area contributed by atoms with Crippen LogP contribution in [0.2, 0.25) is 0 Å². The van der Waals surface area contributed by atoms with Crippen LogP contribution < -0.4 is 10.6 Å². The third-order valence-electron chi connectivity index (χ3n) is 7.74. The zero-order chi connectivity index (χ0) is 26.6. The van der Waals surface area contributed by atoms with Crippen LogP contribution in [0.15, 0.2) is 54.7 Å². The first-order chi connectivity index (χ1) is 18.4. The first-order valence-electron chi connectivity index (χ1n) is 13.8. The maximum atomic E-state index is 13.7. The van der Waals surface area contributed by atoms with Crippen molar-refractivity contribution in [3.63, 3.8) is 0 Å². The number of fused-ring (bicyclic) bond motifs is 1. The lowest BCUT2D eigenvalue weighted by molar-refractivity contribution is -0.118. The van der Waals surface area contributed by atoms with Gasteiger partial charge >= 0.3 is 6.03 Å². The Hall–Kier alpha value is -3.36. The van der Waals surface area contributed by atoms with Gasteiger partial charge in [-0.3, -0.25) is 9.69 Å². The Balaban J connectivity index is 1.33. The number of nitrogens with zero attached hydrogens (tertiary/aromatic N) is 3. The van der Waals surface area contributed by atoms with E-state index in [4.69, 9.17) is 0 Å². The molecule has 8 heteroatoms. The largest absolute Gasteiger partial charge is 0.361 e. The van der Waals surface area contributed by atoms with Crippen LogP contribution >= 0.6 is 0 Å². The SMILES string of the molecule is C[C@H](c1c[nH]c2ccccc12)[C@@H](NC(=O)N1CCN(CC2CC2)CC1)C(=O)Nc1cccc(CN(C)C)c1. The third-order valence-corrected chi connectivity index (χ3v) is 7.74. The highest BCUT2D eigenvalue weighted by atomic mass is 16.2. The lowest BCUT2D eigenvalue weighted by atomic mass is 9.92. The number of benzene rings is 2. The molecule has 3 amide bonds. The van der Waals surface area contributed by atoms with Gasteiger partial charge in [0.25, 0.3) is 0 Å². The van der Waals surface area contributed by atoms with Gasteiger partial charge in [-0.2, -0.15) is 0 Å². The average molecular weight is 517 g/mol. The standard InChI is InChI=1S/C30H40N6O2/c1-21(26-18-31-27-10-5-4-9-25(26)27)28(29(37)32-24-8-6-7-23(17-24)19-34(2)3)33-30(38)36-15-13-35(14-16-36)20-22-11-12-22/h4-10,17-18,21-22,28,31H,11-16,19-20H2,1-3H3,(H,32,37)(H,33,38)/t21-,28-/m1/s1. The molecule has 2 heterocycles. The Morgan fingerprint density at radius 3 is 2.55 bits per heavy atom. The van der Waals surface area contributed by atoms with Gasteiger partial charge in [-0.25, -0.2) is 4.79 Å². The molecule has 2 aromatic carbocycles. The molecule has 2 aliphatic rings. The normalized spacial score (nSPS) is 17.9. The van der Waals surface area contributed by atoms with Crippen molar-refractivity contribution in [1.29, 1.82) is 0 Å². The Morgan fingerprint density at radius 2 is 1.82 bits per heavy atom. The number of hydrogen-bond acceptors (Lipinski definition) is 4. The van der Waals surface area contributed by atoms with Crippen LogP contribution in [0.25, 0.3) is 10.9 Å². The Morgan fingerprint density at radius 1 is 1.05 bits per heavy atom. The number of carbonyl (C=O) groups excluding carboxylic acids is 2. The van der Waals surface area contributed by atoms with Crippen molar-refractivity contribution in [3.8, 4) is 0 Å². The highest BCUT2D eigenvalue weighted by Crippen LogP contribution is 2.30. The number of para-hydroxylation sites is 1. The van der Waals surface area contributed by atoms with Gasteiger partial charge in [-0.1, -0.05) is 37.3 Å². The third kappa shape index (κ3) is 6.37. The molecule has 5 rings (SSSR count). The first kappa shape index (κ1) is 26.3. The molecule has 0 spiro atoms. The number of amides is 3. The molecule has 3 aromatic rings. The maximum absolute atomic E-state index is 13.7. The summed E-state index contributed by atoms with van der Waals surface area (Å²) in [7, 11) is 4.04. The molecule has 202 valence electrons. The molecule has 8 nitrogen and oxygen atoms in total. The molecule has 0 unspecified atom stereocenters. The van der Waals surface area contributed by atoms with E-state index in [0.717, 1.165) is 59.8 Å². The van der Waals surface area contributed by atoms with Crippen molar-refractivity contribution in [2.75, 3.05) is 52.1 Å². The summed E-state index contributed by atoms with van der Waals surface area (Å²) < 4.78 is 0. The molecule has 3 N–H and O–H groups in total. The van der Waals surface area contributed by atoms with E-state index in [-0.39, 0.29) is 17.9 Å². The summed E-state index contributed by atoms with van der Waals surface area (Å²) in [5.41, 5.74) is 3.87. The zero-order valence-electron chi connectivity index (χ0n) is 22.7. The van der Waals surface area contributed by atoms with E-state index in [2.05, 4.69) is 31.5 Å². The molecule has 1 saturated carbocycles. The topological polar surface area (TPSA) is 83.7 Å². The van der Waals surface area contributed by atoms with Crippen LogP contribution in [-0.2, 0) is 11.3 Å². The van der Waals surface area contributed by atoms with E-state index in [0.29, 0.717) is 13.1 Å². The van der Waals surface area contributed by atoms with Crippen molar-refractivity contribution in [3.05, 3.63) is 65.9 Å². The van der Waals surface area contributed by atoms with Crippen LogP contribution in [0, 0.1) is 5.92 Å². The molecule has 38 heavy (non-hydrogen) atoms. The summed E-state index contributed by atoms with van der Waals surface area (Å²) in [6.45, 7) is 7.07. The Kier molecular flexibility index (Phi) is 8.00. The summed E-state index contributed by atoms with van der Waals surface area (Å²) in [4.78, 5) is 36.9. The number of urea groups is 1. The van der Waals surface area contributed by atoms with Crippen molar-refractivity contribution in [2.24, 2.45) is 5.92 Å². The van der Waals surface area contributed by atoms with Gasteiger partial charge in [0.2, 0.25) is 5.91 Å². The molecule has 1 saturated heterocycles. The second-order valence-corrected chi connectivity index (χ2v) is 11.2. The van der Waals surface area contributed by atoms with E-state index in [1.807, 2.05) is 74.6 Å². The molecule has 0 radical (unpaired) electrons. The summed E-state index contributed by atoms with van der Waals surface area (Å²) in [6.07, 6.45) is 4.62. The fourth-order valence-electron chi connectivity index (χ4n) is 5.42. The quantitative estimate of drug-likeness (QED) is 0.400. The summed E-state index contributed by atoms with van der Waals surface area (Å²) >= 11 is 0. The number of anilines is 1. The van der Waals surface area contributed by atoms with Gasteiger partial charge in [0.15, 0.2) is 0 Å². The second kappa shape index (κ2) is 11.6. The molecule has 1 aliphatic heterocycles. The molecule has 2 fully saturated rings. The predicted molar refractivity (Wildman–Crippen MR) is 152 cm³/mol. The van der Waals surface area contributed by atoms with E-state index < -0.39 is 6.04 Å².